The smallest absolute Gasteiger partial charge is 0.128 e. The van der Waals surface area contributed by atoms with Gasteiger partial charge in [0.25, 0.3) is 0 Å². The summed E-state index contributed by atoms with van der Waals surface area (Å²) in [5, 5.41) is 0. The average molecular weight is 285 g/mol. The standard InChI is InChI=1S/C18H17F2N/c19-11-6-8-15(20)14(9-11)18(21)17-13-7-5-10-3-1-2-4-12(10)16(13)17/h1-4,6,8-9,13,16-18H,5,7,21H2. The van der Waals surface area contributed by atoms with E-state index in [0.29, 0.717) is 17.4 Å². The normalized spacial score (nSPS) is 27.7. The van der Waals surface area contributed by atoms with Gasteiger partial charge in [-0.15, -0.1) is 0 Å². The topological polar surface area (TPSA) is 26.0 Å². The van der Waals surface area contributed by atoms with Gasteiger partial charge in [-0.05, 0) is 59.9 Å². The van der Waals surface area contributed by atoms with Crippen LogP contribution in [0.2, 0.25) is 0 Å². The van der Waals surface area contributed by atoms with Gasteiger partial charge in [0, 0.05) is 11.6 Å². The summed E-state index contributed by atoms with van der Waals surface area (Å²) in [6.45, 7) is 0. The molecule has 0 aromatic heterocycles. The lowest BCUT2D eigenvalue weighted by Crippen LogP contribution is -2.16. The Hall–Kier alpha value is -1.74. The third-order valence-electron chi connectivity index (χ3n) is 5.12. The molecular formula is C18H17F2N. The van der Waals surface area contributed by atoms with E-state index < -0.39 is 17.7 Å². The maximum Gasteiger partial charge on any atom is 0.128 e. The van der Waals surface area contributed by atoms with Gasteiger partial charge in [0.15, 0.2) is 0 Å². The Morgan fingerprint density at radius 1 is 1.10 bits per heavy atom. The molecule has 0 heterocycles. The van der Waals surface area contributed by atoms with Crippen LogP contribution in [0.5, 0.6) is 0 Å². The first kappa shape index (κ1) is 13.0. The van der Waals surface area contributed by atoms with E-state index in [4.69, 9.17) is 5.73 Å². The lowest BCUT2D eigenvalue weighted by atomic mass is 9.92. The number of aryl methyl sites for hydroxylation is 1. The van der Waals surface area contributed by atoms with E-state index in [9.17, 15) is 8.78 Å². The summed E-state index contributed by atoms with van der Waals surface area (Å²) in [6.07, 6.45) is 2.16. The number of hydrogen-bond acceptors (Lipinski definition) is 1. The van der Waals surface area contributed by atoms with E-state index in [1.807, 2.05) is 6.07 Å². The highest BCUT2D eigenvalue weighted by atomic mass is 19.1. The molecule has 0 radical (unpaired) electrons. The van der Waals surface area contributed by atoms with Gasteiger partial charge in [-0.3, -0.25) is 0 Å². The number of nitrogens with two attached hydrogens (primary N) is 1. The molecule has 21 heavy (non-hydrogen) atoms. The molecule has 0 aliphatic heterocycles. The Kier molecular flexibility index (Phi) is 2.86. The average Bonchev–Trinajstić information content (AvgIpc) is 3.24. The summed E-state index contributed by atoms with van der Waals surface area (Å²) in [5.41, 5.74) is 9.33. The molecule has 4 rings (SSSR count). The maximum atomic E-state index is 13.9. The summed E-state index contributed by atoms with van der Waals surface area (Å²) in [6, 6.07) is 11.5. The first-order chi connectivity index (χ1) is 10.2. The molecule has 108 valence electrons. The lowest BCUT2D eigenvalue weighted by Gasteiger charge is -2.14. The molecule has 4 atom stereocenters. The second kappa shape index (κ2) is 4.63. The summed E-state index contributed by atoms with van der Waals surface area (Å²) < 4.78 is 27.3. The van der Waals surface area contributed by atoms with Crippen molar-refractivity contribution in [2.75, 3.05) is 0 Å². The minimum absolute atomic E-state index is 0.227. The zero-order valence-corrected chi connectivity index (χ0v) is 11.6. The van der Waals surface area contributed by atoms with Gasteiger partial charge < -0.3 is 5.73 Å². The molecule has 2 N–H and O–H groups in total. The van der Waals surface area contributed by atoms with Crippen molar-refractivity contribution < 1.29 is 8.78 Å². The van der Waals surface area contributed by atoms with Crippen LogP contribution in [0.1, 0.15) is 35.1 Å². The Morgan fingerprint density at radius 3 is 2.76 bits per heavy atom. The molecule has 1 saturated carbocycles. The van der Waals surface area contributed by atoms with Crippen LogP contribution in [0, 0.1) is 23.5 Å². The predicted octanol–water partition coefficient (Wildman–Crippen LogP) is 3.94. The molecule has 2 aliphatic rings. The van der Waals surface area contributed by atoms with Crippen molar-refractivity contribution in [3.8, 4) is 0 Å². The second-order valence-corrected chi connectivity index (χ2v) is 6.20. The van der Waals surface area contributed by atoms with Crippen LogP contribution in [-0.4, -0.2) is 0 Å². The van der Waals surface area contributed by atoms with Crippen molar-refractivity contribution in [3.63, 3.8) is 0 Å². The van der Waals surface area contributed by atoms with Crippen LogP contribution in [0.15, 0.2) is 42.5 Å². The Morgan fingerprint density at radius 2 is 1.90 bits per heavy atom. The summed E-state index contributed by atoms with van der Waals surface area (Å²) in [4.78, 5) is 0. The van der Waals surface area contributed by atoms with Crippen LogP contribution >= 0.6 is 0 Å². The molecule has 0 bridgehead atoms. The van der Waals surface area contributed by atoms with Crippen LogP contribution in [0.4, 0.5) is 8.78 Å². The fraction of sp³-hybridized carbons (Fsp3) is 0.333. The molecule has 0 amide bonds. The van der Waals surface area contributed by atoms with Gasteiger partial charge in [0.1, 0.15) is 11.6 Å². The summed E-state index contributed by atoms with van der Waals surface area (Å²) in [7, 11) is 0. The van der Waals surface area contributed by atoms with Crippen molar-refractivity contribution in [3.05, 3.63) is 70.8 Å². The van der Waals surface area contributed by atoms with Crippen LogP contribution in [0.25, 0.3) is 0 Å². The highest BCUT2D eigenvalue weighted by molar-refractivity contribution is 5.41. The van der Waals surface area contributed by atoms with E-state index in [-0.39, 0.29) is 5.92 Å². The fourth-order valence-corrected chi connectivity index (χ4v) is 4.09. The van der Waals surface area contributed by atoms with Gasteiger partial charge in [-0.25, -0.2) is 8.78 Å². The zero-order valence-electron chi connectivity index (χ0n) is 11.6. The Balaban J connectivity index is 1.66. The number of fused-ring (bicyclic) bond motifs is 3. The highest BCUT2D eigenvalue weighted by Crippen LogP contribution is 2.63. The summed E-state index contributed by atoms with van der Waals surface area (Å²) >= 11 is 0. The lowest BCUT2D eigenvalue weighted by molar-refractivity contribution is 0.511. The van der Waals surface area contributed by atoms with E-state index in [2.05, 4.69) is 18.2 Å². The molecule has 2 aliphatic carbocycles. The molecule has 0 saturated heterocycles. The number of halogens is 2. The van der Waals surface area contributed by atoms with E-state index >= 15 is 0 Å². The molecule has 2 aromatic rings. The SMILES string of the molecule is NC(c1cc(F)ccc1F)C1C2CCc3ccccc3C21. The van der Waals surface area contributed by atoms with Gasteiger partial charge in [0.2, 0.25) is 0 Å². The van der Waals surface area contributed by atoms with Crippen molar-refractivity contribution in [2.24, 2.45) is 17.6 Å². The molecule has 1 nitrogen and oxygen atoms in total. The first-order valence-electron chi connectivity index (χ1n) is 7.45. The Labute approximate surface area is 122 Å². The minimum Gasteiger partial charge on any atom is -0.324 e. The maximum absolute atomic E-state index is 13.9. The Bertz CT molecular complexity index is 697. The van der Waals surface area contributed by atoms with Crippen molar-refractivity contribution >= 4 is 0 Å². The minimum atomic E-state index is -0.429. The third-order valence-corrected chi connectivity index (χ3v) is 5.12. The molecule has 3 heteroatoms. The van der Waals surface area contributed by atoms with E-state index in [0.717, 1.165) is 18.9 Å². The van der Waals surface area contributed by atoms with Gasteiger partial charge in [0.05, 0.1) is 0 Å². The van der Waals surface area contributed by atoms with Gasteiger partial charge in [-0.2, -0.15) is 0 Å². The quantitative estimate of drug-likeness (QED) is 0.888. The van der Waals surface area contributed by atoms with Crippen LogP contribution < -0.4 is 5.73 Å². The largest absolute Gasteiger partial charge is 0.324 e. The van der Waals surface area contributed by atoms with Crippen molar-refractivity contribution in [1.29, 1.82) is 0 Å². The number of benzene rings is 2. The zero-order chi connectivity index (χ0) is 14.6. The van der Waals surface area contributed by atoms with Crippen LogP contribution in [0.3, 0.4) is 0 Å². The third kappa shape index (κ3) is 1.99. The van der Waals surface area contributed by atoms with Gasteiger partial charge >= 0.3 is 0 Å². The predicted molar refractivity (Wildman–Crippen MR) is 77.8 cm³/mol. The molecule has 2 aromatic carbocycles. The molecule has 0 spiro atoms. The van der Waals surface area contributed by atoms with E-state index in [1.165, 1.54) is 23.3 Å². The highest BCUT2D eigenvalue weighted by Gasteiger charge is 2.56. The molecule has 1 fully saturated rings. The molecular weight excluding hydrogens is 268 g/mol. The van der Waals surface area contributed by atoms with Crippen molar-refractivity contribution in [2.45, 2.75) is 24.8 Å². The number of rotatable bonds is 2. The van der Waals surface area contributed by atoms with Gasteiger partial charge in [-0.1, -0.05) is 24.3 Å². The fourth-order valence-electron chi connectivity index (χ4n) is 4.09. The summed E-state index contributed by atoms with van der Waals surface area (Å²) in [5.74, 6) is 0.321. The molecule has 4 unspecified atom stereocenters. The van der Waals surface area contributed by atoms with Crippen LogP contribution in [-0.2, 0) is 6.42 Å². The first-order valence-corrected chi connectivity index (χ1v) is 7.45. The second-order valence-electron chi connectivity index (χ2n) is 6.20. The number of hydrogen-bond donors (Lipinski definition) is 1. The van der Waals surface area contributed by atoms with E-state index in [1.54, 1.807) is 0 Å². The van der Waals surface area contributed by atoms with Crippen molar-refractivity contribution in [1.82, 2.24) is 0 Å². The monoisotopic (exact) mass is 285 g/mol.